The van der Waals surface area contributed by atoms with E-state index in [4.69, 9.17) is 23.2 Å². The second-order valence-corrected chi connectivity index (χ2v) is 2.20. The Kier molecular flexibility index (Phi) is 4.88. The molecule has 0 N–H and O–H groups in total. The largest absolute Gasteiger partial charge is 0.367 e. The van der Waals surface area contributed by atoms with Crippen molar-refractivity contribution in [1.82, 2.24) is 0 Å². The maximum absolute atomic E-state index is 10.3. The summed E-state index contributed by atoms with van der Waals surface area (Å²) >= 11 is 10.1. The summed E-state index contributed by atoms with van der Waals surface area (Å²) in [5, 5.41) is 2.90. The minimum atomic E-state index is -1.27. The van der Waals surface area contributed by atoms with Gasteiger partial charge in [0.1, 0.15) is 6.21 Å². The van der Waals surface area contributed by atoms with Crippen molar-refractivity contribution in [3.63, 3.8) is 0 Å². The van der Waals surface area contributed by atoms with Crippen LogP contribution in [0.4, 0.5) is 0 Å². The summed E-state index contributed by atoms with van der Waals surface area (Å²) < 4.78 is 0. The summed E-state index contributed by atoms with van der Waals surface area (Å²) in [5.74, 6) is -0.915. The molecule has 0 rings (SSSR count). The zero-order chi connectivity index (χ0) is 7.98. The zero-order valence-electron chi connectivity index (χ0n) is 4.66. The van der Waals surface area contributed by atoms with Crippen LogP contribution in [0.25, 0.3) is 0 Å². The second-order valence-electron chi connectivity index (χ2n) is 1.10. The smallest absolute Gasteiger partial charge is 0.315 e. The number of rotatable bonds is 3. The summed E-state index contributed by atoms with van der Waals surface area (Å²) in [7, 11) is 0. The lowest BCUT2D eigenvalue weighted by Gasteiger charge is -1.93. The Hall–Kier alpha value is -0.610. The molecule has 0 spiro atoms. The third kappa shape index (κ3) is 4.29. The van der Waals surface area contributed by atoms with Gasteiger partial charge in [-0.1, -0.05) is 28.4 Å². The molecule has 0 heterocycles. The molecule has 0 aliphatic heterocycles. The SMILES string of the molecule is O=C/C=N\OC(=O)C(Cl)Cl. The summed E-state index contributed by atoms with van der Waals surface area (Å²) in [5.41, 5.74) is 0. The van der Waals surface area contributed by atoms with Crippen molar-refractivity contribution in [2.24, 2.45) is 5.16 Å². The van der Waals surface area contributed by atoms with Crippen LogP contribution in [0, 0.1) is 0 Å². The van der Waals surface area contributed by atoms with Gasteiger partial charge in [-0.2, -0.15) is 0 Å². The topological polar surface area (TPSA) is 55.7 Å². The molecule has 4 nitrogen and oxygen atoms in total. The van der Waals surface area contributed by atoms with E-state index >= 15 is 0 Å². The standard InChI is InChI=1S/C4H3Cl2NO3/c5-3(6)4(9)10-7-1-2-8/h1-3H/b7-1-. The van der Waals surface area contributed by atoms with E-state index in [1.54, 1.807) is 0 Å². The van der Waals surface area contributed by atoms with E-state index in [2.05, 4.69) is 9.99 Å². The minimum absolute atomic E-state index is 0.352. The predicted molar refractivity (Wildman–Crippen MR) is 36.1 cm³/mol. The Morgan fingerprint density at radius 1 is 1.60 bits per heavy atom. The van der Waals surface area contributed by atoms with Gasteiger partial charge in [0.2, 0.25) is 4.84 Å². The van der Waals surface area contributed by atoms with Crippen LogP contribution in [0.2, 0.25) is 0 Å². The molecule has 0 amide bonds. The average Bonchev–Trinajstić information content (AvgIpc) is 1.88. The van der Waals surface area contributed by atoms with E-state index in [0.29, 0.717) is 6.29 Å². The fourth-order valence-corrected chi connectivity index (χ4v) is 0.227. The van der Waals surface area contributed by atoms with Crippen LogP contribution in [0.3, 0.4) is 0 Å². The highest BCUT2D eigenvalue weighted by atomic mass is 35.5. The molecule has 56 valence electrons. The van der Waals surface area contributed by atoms with Crippen LogP contribution < -0.4 is 0 Å². The number of alkyl halides is 2. The van der Waals surface area contributed by atoms with Crippen molar-refractivity contribution in [2.45, 2.75) is 4.84 Å². The van der Waals surface area contributed by atoms with Crippen LogP contribution in [-0.2, 0) is 14.4 Å². The lowest BCUT2D eigenvalue weighted by molar-refractivity contribution is -0.141. The quantitative estimate of drug-likeness (QED) is 0.211. The monoisotopic (exact) mass is 183 g/mol. The first-order valence-electron chi connectivity index (χ1n) is 2.14. The first kappa shape index (κ1) is 9.39. The molecule has 0 aliphatic carbocycles. The molecular weight excluding hydrogens is 181 g/mol. The summed E-state index contributed by atoms with van der Waals surface area (Å²) in [6.45, 7) is 0. The fourth-order valence-electron chi connectivity index (χ4n) is 0.147. The highest BCUT2D eigenvalue weighted by Gasteiger charge is 2.12. The number of halogens is 2. The Labute approximate surface area is 66.7 Å². The van der Waals surface area contributed by atoms with Gasteiger partial charge in [0.25, 0.3) is 0 Å². The first-order valence-corrected chi connectivity index (χ1v) is 3.02. The number of hydrogen-bond donors (Lipinski definition) is 0. The molecule has 10 heavy (non-hydrogen) atoms. The molecule has 0 aromatic heterocycles. The molecule has 0 unspecified atom stereocenters. The van der Waals surface area contributed by atoms with Crippen LogP contribution in [0.5, 0.6) is 0 Å². The third-order valence-corrected chi connectivity index (χ3v) is 0.799. The maximum Gasteiger partial charge on any atom is 0.367 e. The van der Waals surface area contributed by atoms with Crippen LogP contribution in [-0.4, -0.2) is 23.3 Å². The van der Waals surface area contributed by atoms with Gasteiger partial charge in [0.15, 0.2) is 6.29 Å². The van der Waals surface area contributed by atoms with Crippen molar-refractivity contribution >= 4 is 41.7 Å². The van der Waals surface area contributed by atoms with E-state index < -0.39 is 10.8 Å². The van der Waals surface area contributed by atoms with E-state index in [1.807, 2.05) is 0 Å². The van der Waals surface area contributed by atoms with Gasteiger partial charge >= 0.3 is 5.97 Å². The first-order chi connectivity index (χ1) is 4.68. The average molecular weight is 184 g/mol. The molecule has 0 aromatic carbocycles. The van der Waals surface area contributed by atoms with Crippen molar-refractivity contribution in [2.75, 3.05) is 0 Å². The molecule has 0 aliphatic rings. The number of oxime groups is 1. The lowest BCUT2D eigenvalue weighted by Crippen LogP contribution is -2.08. The van der Waals surface area contributed by atoms with Crippen LogP contribution in [0.15, 0.2) is 5.16 Å². The highest BCUT2D eigenvalue weighted by molar-refractivity contribution is 6.52. The maximum atomic E-state index is 10.3. The van der Waals surface area contributed by atoms with E-state index in [1.165, 1.54) is 0 Å². The lowest BCUT2D eigenvalue weighted by atomic mass is 10.8. The van der Waals surface area contributed by atoms with Gasteiger partial charge in [0.05, 0.1) is 0 Å². The Morgan fingerprint density at radius 3 is 2.60 bits per heavy atom. The van der Waals surface area contributed by atoms with E-state index in [-0.39, 0.29) is 0 Å². The molecule has 0 fully saturated rings. The van der Waals surface area contributed by atoms with Crippen LogP contribution >= 0.6 is 23.2 Å². The van der Waals surface area contributed by atoms with Gasteiger partial charge in [-0.25, -0.2) is 4.79 Å². The molecule has 0 saturated heterocycles. The predicted octanol–water partition coefficient (Wildman–Crippen LogP) is 0.518. The van der Waals surface area contributed by atoms with E-state index in [9.17, 15) is 9.59 Å². The molecule has 0 aromatic rings. The van der Waals surface area contributed by atoms with Crippen LogP contribution in [0.1, 0.15) is 0 Å². The fraction of sp³-hybridized carbons (Fsp3) is 0.250. The third-order valence-electron chi connectivity index (χ3n) is 0.443. The minimum Gasteiger partial charge on any atom is -0.315 e. The second kappa shape index (κ2) is 5.20. The summed E-state index contributed by atoms with van der Waals surface area (Å²) in [6, 6.07) is 0. The number of aldehydes is 1. The van der Waals surface area contributed by atoms with Gasteiger partial charge in [-0.15, -0.1) is 0 Å². The van der Waals surface area contributed by atoms with E-state index in [0.717, 1.165) is 6.21 Å². The normalized spacial score (nSPS) is 10.3. The summed E-state index contributed by atoms with van der Waals surface area (Å²) in [6.07, 6.45) is 1.11. The highest BCUT2D eigenvalue weighted by Crippen LogP contribution is 2.02. The van der Waals surface area contributed by atoms with Crippen molar-refractivity contribution in [1.29, 1.82) is 0 Å². The molecule has 0 saturated carbocycles. The van der Waals surface area contributed by atoms with Crippen molar-refractivity contribution in [3.05, 3.63) is 0 Å². The van der Waals surface area contributed by atoms with Crippen molar-refractivity contribution in [3.8, 4) is 0 Å². The zero-order valence-corrected chi connectivity index (χ0v) is 6.17. The van der Waals surface area contributed by atoms with Crippen molar-refractivity contribution < 1.29 is 14.4 Å². The number of hydrogen-bond acceptors (Lipinski definition) is 4. The molecule has 0 radical (unpaired) electrons. The van der Waals surface area contributed by atoms with Gasteiger partial charge < -0.3 is 4.84 Å². The Morgan fingerprint density at radius 2 is 2.20 bits per heavy atom. The van der Waals surface area contributed by atoms with Gasteiger partial charge in [-0.3, -0.25) is 4.79 Å². The molecule has 6 heteroatoms. The van der Waals surface area contributed by atoms with Gasteiger partial charge in [0, 0.05) is 0 Å². The molecule has 0 bridgehead atoms. The Bertz CT molecular complexity index is 157. The number of carbonyl (C=O) groups excluding carboxylic acids is 2. The summed E-state index contributed by atoms with van der Waals surface area (Å²) in [4.78, 5) is 22.6. The number of carbonyl (C=O) groups is 2. The Balaban J connectivity index is 3.59. The molecular formula is C4H3Cl2NO3. The molecule has 0 atom stereocenters. The van der Waals surface area contributed by atoms with Gasteiger partial charge in [-0.05, 0) is 0 Å². The number of nitrogens with zero attached hydrogens (tertiary/aromatic N) is 1.